The zero-order valence-corrected chi connectivity index (χ0v) is 16.1. The number of nitrogens with zero attached hydrogens (tertiary/aromatic N) is 7. The number of amides is 1. The van der Waals surface area contributed by atoms with E-state index in [0.717, 1.165) is 48.7 Å². The summed E-state index contributed by atoms with van der Waals surface area (Å²) in [6, 6.07) is 1.87. The van der Waals surface area contributed by atoms with Crippen LogP contribution < -0.4 is 10.2 Å². The summed E-state index contributed by atoms with van der Waals surface area (Å²) in [6.45, 7) is 7.60. The van der Waals surface area contributed by atoms with Gasteiger partial charge in [0.25, 0.3) is 11.7 Å². The molecular weight excluding hydrogens is 344 g/mol. The maximum absolute atomic E-state index is 12.6. The Balaban J connectivity index is 1.56. The molecule has 1 fully saturated rings. The molecule has 4 rings (SSSR count). The Labute approximate surface area is 157 Å². The van der Waals surface area contributed by atoms with E-state index in [0.29, 0.717) is 11.5 Å². The Kier molecular flexibility index (Phi) is 4.29. The van der Waals surface area contributed by atoms with Gasteiger partial charge < -0.3 is 10.2 Å². The zero-order chi connectivity index (χ0) is 19.1. The number of fused-ring (bicyclic) bond motifs is 1. The molecule has 142 valence electrons. The molecule has 27 heavy (non-hydrogen) atoms. The van der Waals surface area contributed by atoms with Crippen molar-refractivity contribution in [3.8, 4) is 0 Å². The van der Waals surface area contributed by atoms with Crippen molar-refractivity contribution in [3.63, 3.8) is 0 Å². The average molecular weight is 368 g/mol. The van der Waals surface area contributed by atoms with Gasteiger partial charge in [0.2, 0.25) is 0 Å². The molecule has 1 unspecified atom stereocenters. The third-order valence-corrected chi connectivity index (χ3v) is 5.28. The Morgan fingerprint density at radius 3 is 2.85 bits per heavy atom. The fraction of sp³-hybridized carbons (Fsp3) is 0.500. The smallest absolute Gasteiger partial charge is 0.272 e. The Bertz CT molecular complexity index is 985. The molecule has 9 nitrogen and oxygen atoms in total. The van der Waals surface area contributed by atoms with Crippen LogP contribution in [0, 0.1) is 20.8 Å². The van der Waals surface area contributed by atoms with Crippen LogP contribution in [0.25, 0.3) is 5.78 Å². The van der Waals surface area contributed by atoms with E-state index in [1.54, 1.807) is 9.20 Å². The van der Waals surface area contributed by atoms with Gasteiger partial charge in [-0.05, 0) is 39.7 Å². The maximum Gasteiger partial charge on any atom is 0.272 e. The number of aryl methyl sites for hydroxylation is 3. The standard InChI is InChI=1S/C18H24N8O/c1-11-8-15(23-24(11)4)16(27)22-14-6-5-7-25(9-14)17-12(2)13(3)21-18-19-10-20-26(17)18/h8,10,14H,5-7,9H2,1-4H3,(H,22,27). The number of aromatic nitrogens is 6. The van der Waals surface area contributed by atoms with Gasteiger partial charge in [-0.25, -0.2) is 4.98 Å². The molecule has 0 radical (unpaired) electrons. The van der Waals surface area contributed by atoms with Crippen LogP contribution in [-0.2, 0) is 7.05 Å². The highest BCUT2D eigenvalue weighted by atomic mass is 16.2. The summed E-state index contributed by atoms with van der Waals surface area (Å²) >= 11 is 0. The van der Waals surface area contributed by atoms with Gasteiger partial charge in [-0.2, -0.15) is 19.7 Å². The van der Waals surface area contributed by atoms with Crippen LogP contribution >= 0.6 is 0 Å². The van der Waals surface area contributed by atoms with E-state index in [1.165, 1.54) is 6.33 Å². The van der Waals surface area contributed by atoms with Gasteiger partial charge in [-0.3, -0.25) is 9.48 Å². The van der Waals surface area contributed by atoms with E-state index >= 15 is 0 Å². The van der Waals surface area contributed by atoms with Crippen molar-refractivity contribution in [1.82, 2.24) is 34.7 Å². The monoisotopic (exact) mass is 368 g/mol. The van der Waals surface area contributed by atoms with E-state index in [-0.39, 0.29) is 11.9 Å². The molecule has 0 saturated carbocycles. The quantitative estimate of drug-likeness (QED) is 0.746. The molecule has 0 aromatic carbocycles. The van der Waals surface area contributed by atoms with Crippen molar-refractivity contribution in [2.45, 2.75) is 39.7 Å². The second kappa shape index (κ2) is 6.64. The van der Waals surface area contributed by atoms with Crippen molar-refractivity contribution in [2.75, 3.05) is 18.0 Å². The van der Waals surface area contributed by atoms with Gasteiger partial charge in [0.05, 0.1) is 0 Å². The summed E-state index contributed by atoms with van der Waals surface area (Å²) in [4.78, 5) is 23.6. The van der Waals surface area contributed by atoms with Crippen molar-refractivity contribution in [3.05, 3.63) is 35.0 Å². The summed E-state index contributed by atoms with van der Waals surface area (Å²) in [7, 11) is 1.84. The van der Waals surface area contributed by atoms with Crippen LogP contribution in [0.3, 0.4) is 0 Å². The predicted octanol–water partition coefficient (Wildman–Crippen LogP) is 1.18. The molecule has 9 heteroatoms. The fourth-order valence-electron chi connectivity index (χ4n) is 3.60. The molecule has 0 bridgehead atoms. The van der Waals surface area contributed by atoms with Crippen molar-refractivity contribution in [2.24, 2.45) is 7.05 Å². The molecule has 1 aliphatic rings. The minimum atomic E-state index is -0.126. The topological polar surface area (TPSA) is 93.2 Å². The van der Waals surface area contributed by atoms with Crippen LogP contribution in [0.15, 0.2) is 12.4 Å². The van der Waals surface area contributed by atoms with Crippen molar-refractivity contribution >= 4 is 17.5 Å². The minimum absolute atomic E-state index is 0.0556. The first-order valence-corrected chi connectivity index (χ1v) is 9.17. The number of hydrogen-bond donors (Lipinski definition) is 1. The first kappa shape index (κ1) is 17.4. The number of carbonyl (C=O) groups is 1. The Hall–Kier alpha value is -2.97. The van der Waals surface area contributed by atoms with Gasteiger partial charge in [0.1, 0.15) is 17.8 Å². The zero-order valence-electron chi connectivity index (χ0n) is 16.1. The third-order valence-electron chi connectivity index (χ3n) is 5.28. The van der Waals surface area contributed by atoms with Crippen molar-refractivity contribution < 1.29 is 4.79 Å². The fourth-order valence-corrected chi connectivity index (χ4v) is 3.60. The van der Waals surface area contributed by atoms with Gasteiger partial charge in [0, 0.05) is 43.1 Å². The molecule has 0 aliphatic carbocycles. The van der Waals surface area contributed by atoms with E-state index < -0.39 is 0 Å². The van der Waals surface area contributed by atoms with Gasteiger partial charge in [-0.15, -0.1) is 0 Å². The van der Waals surface area contributed by atoms with Crippen LogP contribution in [0.1, 0.15) is 40.3 Å². The summed E-state index contributed by atoms with van der Waals surface area (Å²) < 4.78 is 3.50. The summed E-state index contributed by atoms with van der Waals surface area (Å²) in [5, 5.41) is 11.8. The number of rotatable bonds is 3. The van der Waals surface area contributed by atoms with E-state index in [4.69, 9.17) is 0 Å². The third kappa shape index (κ3) is 3.13. The van der Waals surface area contributed by atoms with E-state index in [1.807, 2.05) is 27.0 Å². The molecule has 1 aliphatic heterocycles. The highest BCUT2D eigenvalue weighted by Crippen LogP contribution is 2.25. The highest BCUT2D eigenvalue weighted by molar-refractivity contribution is 5.92. The Morgan fingerprint density at radius 1 is 1.30 bits per heavy atom. The van der Waals surface area contributed by atoms with Crippen molar-refractivity contribution in [1.29, 1.82) is 0 Å². The number of nitrogens with one attached hydrogen (secondary N) is 1. The molecule has 1 saturated heterocycles. The van der Waals surface area contributed by atoms with Crippen LogP contribution in [-0.4, -0.2) is 54.4 Å². The maximum atomic E-state index is 12.6. The lowest BCUT2D eigenvalue weighted by Crippen LogP contribution is -2.48. The molecule has 0 spiro atoms. The number of anilines is 1. The molecule has 1 amide bonds. The molecule has 1 N–H and O–H groups in total. The van der Waals surface area contributed by atoms with Crippen LogP contribution in [0.2, 0.25) is 0 Å². The highest BCUT2D eigenvalue weighted by Gasteiger charge is 2.26. The lowest BCUT2D eigenvalue weighted by molar-refractivity contribution is 0.0927. The second-order valence-electron chi connectivity index (χ2n) is 7.17. The van der Waals surface area contributed by atoms with Gasteiger partial charge >= 0.3 is 0 Å². The first-order chi connectivity index (χ1) is 12.9. The van der Waals surface area contributed by atoms with E-state index in [2.05, 4.69) is 37.3 Å². The van der Waals surface area contributed by atoms with Gasteiger partial charge in [-0.1, -0.05) is 0 Å². The second-order valence-corrected chi connectivity index (χ2v) is 7.17. The number of carbonyl (C=O) groups excluding carboxylic acids is 1. The summed E-state index contributed by atoms with van der Waals surface area (Å²) in [6.07, 6.45) is 3.46. The predicted molar refractivity (Wildman–Crippen MR) is 101 cm³/mol. The number of piperidine rings is 1. The lowest BCUT2D eigenvalue weighted by Gasteiger charge is -2.35. The Morgan fingerprint density at radius 2 is 2.11 bits per heavy atom. The molecule has 3 aromatic rings. The minimum Gasteiger partial charge on any atom is -0.354 e. The molecular formula is C18H24N8O. The summed E-state index contributed by atoms with van der Waals surface area (Å²) in [5.41, 5.74) is 3.45. The lowest BCUT2D eigenvalue weighted by atomic mass is 10.0. The number of hydrogen-bond acceptors (Lipinski definition) is 6. The van der Waals surface area contributed by atoms with Crippen LogP contribution in [0.4, 0.5) is 5.82 Å². The molecule has 3 aromatic heterocycles. The normalized spacial score (nSPS) is 17.5. The van der Waals surface area contributed by atoms with E-state index in [9.17, 15) is 4.79 Å². The van der Waals surface area contributed by atoms with Gasteiger partial charge in [0.15, 0.2) is 0 Å². The first-order valence-electron chi connectivity index (χ1n) is 9.17. The summed E-state index contributed by atoms with van der Waals surface area (Å²) in [5.74, 6) is 1.48. The average Bonchev–Trinajstić information content (AvgIpc) is 3.22. The molecule has 4 heterocycles. The largest absolute Gasteiger partial charge is 0.354 e. The SMILES string of the molecule is Cc1nc2ncnn2c(N2CCCC(NC(=O)c3cc(C)n(C)n3)C2)c1C. The molecule has 1 atom stereocenters. The van der Waals surface area contributed by atoms with Crippen LogP contribution in [0.5, 0.6) is 0 Å².